The van der Waals surface area contributed by atoms with Gasteiger partial charge in [0.05, 0.1) is 74.7 Å². The molecule has 1 aromatic carbocycles. The van der Waals surface area contributed by atoms with E-state index in [1.54, 1.807) is 36.0 Å². The van der Waals surface area contributed by atoms with Crippen LogP contribution in [0.4, 0.5) is 19.5 Å². The molecule has 0 aliphatic carbocycles. The number of fused-ring (bicyclic) bond motifs is 1. The van der Waals surface area contributed by atoms with Gasteiger partial charge in [-0.15, -0.1) is 0 Å². The van der Waals surface area contributed by atoms with E-state index in [-0.39, 0.29) is 43.2 Å². The fourth-order valence-electron chi connectivity index (χ4n) is 3.31. The highest BCUT2D eigenvalue weighted by Gasteiger charge is 2.27. The Balaban J connectivity index is 1.90. The molecule has 0 aliphatic heterocycles. The summed E-state index contributed by atoms with van der Waals surface area (Å²) >= 11 is 1.64. The van der Waals surface area contributed by atoms with Gasteiger partial charge < -0.3 is 28.4 Å². The van der Waals surface area contributed by atoms with Gasteiger partial charge in [-0.25, -0.2) is 26.2 Å². The number of nitrogens with zero attached hydrogens (tertiary/aromatic N) is 4. The molecule has 0 fully saturated rings. The lowest BCUT2D eigenvalue weighted by atomic mass is 10.2. The van der Waals surface area contributed by atoms with E-state index in [1.165, 1.54) is 0 Å². The van der Waals surface area contributed by atoms with Crippen molar-refractivity contribution >= 4 is 51.9 Å². The number of carbonyl (C=O) groups excluding carboxylic acids is 2. The highest BCUT2D eigenvalue weighted by Crippen LogP contribution is 2.31. The van der Waals surface area contributed by atoms with Crippen molar-refractivity contribution in [3.05, 3.63) is 23.3 Å². The maximum atomic E-state index is 14.8. The zero-order valence-corrected chi connectivity index (χ0v) is 24.6. The minimum Gasteiger partial charge on any atom is -0.432 e. The lowest BCUT2D eigenvalue weighted by molar-refractivity contribution is -0.119. The van der Waals surface area contributed by atoms with Crippen molar-refractivity contribution in [1.29, 1.82) is 5.26 Å². The lowest BCUT2D eigenvalue weighted by Crippen LogP contribution is -2.35. The molecule has 0 saturated carbocycles. The summed E-state index contributed by atoms with van der Waals surface area (Å²) in [4.78, 5) is 30.2. The van der Waals surface area contributed by atoms with Crippen LogP contribution in [0.25, 0.3) is 11.0 Å². The van der Waals surface area contributed by atoms with E-state index >= 15 is 0 Å². The number of aromatic nitrogens is 2. The molecular formula is C25H33F2IN4O8. The molecule has 2 aromatic rings. The number of halogens is 3. The Morgan fingerprint density at radius 1 is 1.02 bits per heavy atom. The van der Waals surface area contributed by atoms with Crippen molar-refractivity contribution < 1.29 is 46.8 Å². The van der Waals surface area contributed by atoms with Gasteiger partial charge >= 0.3 is 6.16 Å². The summed E-state index contributed by atoms with van der Waals surface area (Å²) in [6, 6.07) is 2.32. The molecule has 0 spiro atoms. The molecule has 12 nitrogen and oxygen atoms in total. The van der Waals surface area contributed by atoms with Crippen molar-refractivity contribution in [3.8, 4) is 6.07 Å². The normalized spacial score (nSPS) is 11.0. The molecule has 0 aliphatic rings. The SMILES string of the molecule is CCCCCC(=O)N(COC(=O)OCCOCCOCCOCCOC)c1nc2c(F)cc(C#N)c(F)c2n1I. The smallest absolute Gasteiger partial charge is 0.432 e. The first-order chi connectivity index (χ1) is 19.3. The van der Waals surface area contributed by atoms with E-state index in [9.17, 15) is 18.4 Å². The predicted molar refractivity (Wildman–Crippen MR) is 147 cm³/mol. The van der Waals surface area contributed by atoms with Crippen LogP contribution in [0.1, 0.15) is 38.2 Å². The average Bonchev–Trinajstić information content (AvgIpc) is 3.29. The number of nitriles is 1. The van der Waals surface area contributed by atoms with Gasteiger partial charge in [0.1, 0.15) is 23.7 Å². The zero-order valence-electron chi connectivity index (χ0n) is 22.5. The van der Waals surface area contributed by atoms with E-state index in [4.69, 9.17) is 33.7 Å². The standard InChI is InChI=1S/C25H33F2IN4O8/c1-3-4-5-6-20(33)31(24-30-22-19(26)15-18(16-29)21(27)23(22)32(24)28)17-40-25(34)39-14-13-38-12-11-37-10-9-36-8-7-35-2/h15H,3-14,17H2,1-2H3. The summed E-state index contributed by atoms with van der Waals surface area (Å²) in [6.07, 6.45) is 1.23. The van der Waals surface area contributed by atoms with E-state index in [0.717, 1.165) is 26.6 Å². The van der Waals surface area contributed by atoms with Gasteiger partial charge in [-0.3, -0.25) is 4.79 Å². The molecule has 1 heterocycles. The second kappa shape index (κ2) is 18.7. The minimum atomic E-state index is -1.07. The Kier molecular flexibility index (Phi) is 15.6. The highest BCUT2D eigenvalue weighted by atomic mass is 127. The van der Waals surface area contributed by atoms with Gasteiger partial charge in [0.25, 0.3) is 0 Å². The molecule has 15 heteroatoms. The second-order valence-electron chi connectivity index (χ2n) is 8.20. The van der Waals surface area contributed by atoms with Crippen LogP contribution in [0.5, 0.6) is 0 Å². The summed E-state index contributed by atoms with van der Waals surface area (Å²) in [7, 11) is 1.59. The molecule has 0 saturated heterocycles. The van der Waals surface area contributed by atoms with E-state index < -0.39 is 36.0 Å². The van der Waals surface area contributed by atoms with Gasteiger partial charge in [-0.1, -0.05) is 19.8 Å². The molecule has 0 N–H and O–H groups in total. The Labute approximate surface area is 244 Å². The van der Waals surface area contributed by atoms with Crippen LogP contribution in [-0.2, 0) is 33.2 Å². The van der Waals surface area contributed by atoms with Crippen LogP contribution in [0, 0.1) is 23.0 Å². The third-order valence-electron chi connectivity index (χ3n) is 5.34. The first-order valence-electron chi connectivity index (χ1n) is 12.6. The van der Waals surface area contributed by atoms with Gasteiger partial charge in [-0.2, -0.15) is 5.26 Å². The molecule has 0 radical (unpaired) electrons. The molecule has 0 bridgehead atoms. The number of anilines is 1. The molecule has 0 atom stereocenters. The number of hydrogen-bond donors (Lipinski definition) is 0. The first-order valence-corrected chi connectivity index (χ1v) is 13.6. The number of methoxy groups -OCH3 is 1. The number of imidazole rings is 1. The Morgan fingerprint density at radius 2 is 1.65 bits per heavy atom. The first kappa shape index (κ1) is 33.6. The van der Waals surface area contributed by atoms with Crippen LogP contribution in [0.3, 0.4) is 0 Å². The quantitative estimate of drug-likeness (QED) is 0.0923. The van der Waals surface area contributed by atoms with E-state index in [2.05, 4.69) is 4.98 Å². The molecule has 0 unspecified atom stereocenters. The van der Waals surface area contributed by atoms with Crippen LogP contribution in [-0.4, -0.2) is 86.5 Å². The van der Waals surface area contributed by atoms with Crippen LogP contribution < -0.4 is 4.90 Å². The van der Waals surface area contributed by atoms with Crippen molar-refractivity contribution in [2.24, 2.45) is 0 Å². The Hall–Kier alpha value is -2.65. The number of unbranched alkanes of at least 4 members (excludes halogenated alkanes) is 2. The topological polar surface area (TPSA) is 134 Å². The summed E-state index contributed by atoms with van der Waals surface area (Å²) < 4.78 is 61.3. The van der Waals surface area contributed by atoms with Gasteiger partial charge in [0, 0.05) is 13.5 Å². The summed E-state index contributed by atoms with van der Waals surface area (Å²) in [5, 5.41) is 9.10. The third kappa shape index (κ3) is 10.4. The maximum Gasteiger partial charge on any atom is 0.510 e. The van der Waals surface area contributed by atoms with Crippen molar-refractivity contribution in [2.75, 3.05) is 71.6 Å². The van der Waals surface area contributed by atoms with Crippen LogP contribution >= 0.6 is 22.9 Å². The largest absolute Gasteiger partial charge is 0.510 e. The molecule has 1 amide bonds. The van der Waals surface area contributed by atoms with Gasteiger partial charge in [0.2, 0.25) is 11.9 Å². The molecule has 1 aromatic heterocycles. The van der Waals surface area contributed by atoms with E-state index in [0.29, 0.717) is 39.5 Å². The summed E-state index contributed by atoms with van der Waals surface area (Å²) in [5.74, 6) is -2.54. The number of benzene rings is 1. The Bertz CT molecular complexity index is 1140. The number of amides is 1. The average molecular weight is 682 g/mol. The van der Waals surface area contributed by atoms with Gasteiger partial charge in [0.15, 0.2) is 18.4 Å². The van der Waals surface area contributed by atoms with Crippen molar-refractivity contribution in [1.82, 2.24) is 7.76 Å². The molecular weight excluding hydrogens is 649 g/mol. The zero-order chi connectivity index (χ0) is 29.3. The second-order valence-corrected chi connectivity index (χ2v) is 9.17. The third-order valence-corrected chi connectivity index (χ3v) is 6.26. The number of hydrogen-bond acceptors (Lipinski definition) is 10. The number of carbonyl (C=O) groups is 2. The summed E-state index contributed by atoms with van der Waals surface area (Å²) in [5.41, 5.74) is -1.17. The molecule has 2 rings (SSSR count). The molecule has 222 valence electrons. The summed E-state index contributed by atoms with van der Waals surface area (Å²) in [6.45, 7) is 3.82. The number of rotatable bonds is 19. The van der Waals surface area contributed by atoms with E-state index in [1.807, 2.05) is 6.92 Å². The predicted octanol–water partition coefficient (Wildman–Crippen LogP) is 4.10. The van der Waals surface area contributed by atoms with Crippen molar-refractivity contribution in [3.63, 3.8) is 0 Å². The molecule has 40 heavy (non-hydrogen) atoms. The number of ether oxygens (including phenoxy) is 6. The van der Waals surface area contributed by atoms with Crippen molar-refractivity contribution in [2.45, 2.75) is 32.6 Å². The van der Waals surface area contributed by atoms with Crippen LogP contribution in [0.2, 0.25) is 0 Å². The maximum absolute atomic E-state index is 14.8. The van der Waals surface area contributed by atoms with Crippen LogP contribution in [0.15, 0.2) is 6.07 Å². The minimum absolute atomic E-state index is 0.0891. The highest BCUT2D eigenvalue weighted by molar-refractivity contribution is 14.1. The van der Waals surface area contributed by atoms with Gasteiger partial charge in [-0.05, 0) is 12.5 Å². The fraction of sp³-hybridized carbons (Fsp3) is 0.600. The lowest BCUT2D eigenvalue weighted by Gasteiger charge is -2.20. The monoisotopic (exact) mass is 682 g/mol. The Morgan fingerprint density at radius 3 is 2.25 bits per heavy atom. The fourth-order valence-corrected chi connectivity index (χ4v) is 4.12.